The van der Waals surface area contributed by atoms with Crippen LogP contribution in [-0.2, 0) is 0 Å². The summed E-state index contributed by atoms with van der Waals surface area (Å²) in [5.74, 6) is -0.718. The maximum Gasteiger partial charge on any atom is 0.149 e. The van der Waals surface area contributed by atoms with Gasteiger partial charge in [0.05, 0.1) is 11.7 Å². The van der Waals surface area contributed by atoms with E-state index < -0.39 is 11.6 Å². The molecule has 0 spiro atoms. The van der Waals surface area contributed by atoms with Gasteiger partial charge in [0, 0.05) is 12.0 Å². The lowest BCUT2D eigenvalue weighted by atomic mass is 9.76. The number of hydrogen-bond acceptors (Lipinski definition) is 1. The van der Waals surface area contributed by atoms with E-state index in [-0.39, 0.29) is 17.9 Å². The average molecular weight is 333 g/mol. The zero-order valence-corrected chi connectivity index (χ0v) is 13.5. The maximum absolute atomic E-state index is 14.5. The van der Waals surface area contributed by atoms with E-state index in [0.29, 0.717) is 5.69 Å². The number of hydrogen-bond donors (Lipinski definition) is 1. The smallest absolute Gasteiger partial charge is 0.149 e. The minimum absolute atomic E-state index is 0.00133. The van der Waals surface area contributed by atoms with Crippen LogP contribution < -0.4 is 5.32 Å². The van der Waals surface area contributed by atoms with E-state index >= 15 is 0 Å². The van der Waals surface area contributed by atoms with Gasteiger partial charge in [-0.15, -0.1) is 0 Å². The first kappa shape index (κ1) is 14.6. The standard InChI is InChI=1S/C22H17F2N/c23-14-11-19-16-8-4-10-18(16)21(25-22(19)20(24)12-14)17-9-3-6-13-5-1-2-7-15(13)17/h1-9,11-12,16,18,21,25H,10H2/t16-,18+,21+/m1/s1. The molecule has 3 atom stereocenters. The minimum atomic E-state index is -0.515. The fraction of sp³-hybridized carbons (Fsp3) is 0.182. The summed E-state index contributed by atoms with van der Waals surface area (Å²) in [6.45, 7) is 0. The molecule has 1 aliphatic carbocycles. The highest BCUT2D eigenvalue weighted by Crippen LogP contribution is 2.51. The molecule has 0 fully saturated rings. The first-order chi connectivity index (χ1) is 12.2. The van der Waals surface area contributed by atoms with Gasteiger partial charge in [0.1, 0.15) is 11.6 Å². The fourth-order valence-corrected chi connectivity index (χ4v) is 4.45. The Hall–Kier alpha value is -2.68. The molecule has 2 aliphatic rings. The van der Waals surface area contributed by atoms with Crippen molar-refractivity contribution in [3.63, 3.8) is 0 Å². The largest absolute Gasteiger partial charge is 0.375 e. The van der Waals surface area contributed by atoms with Gasteiger partial charge in [-0.25, -0.2) is 8.78 Å². The third kappa shape index (κ3) is 2.19. The van der Waals surface area contributed by atoms with Crippen molar-refractivity contribution in [3.05, 3.63) is 89.5 Å². The van der Waals surface area contributed by atoms with Crippen LogP contribution in [0.1, 0.15) is 29.5 Å². The average Bonchev–Trinajstić information content (AvgIpc) is 3.11. The molecule has 3 aromatic rings. The van der Waals surface area contributed by atoms with E-state index in [2.05, 4.69) is 41.7 Å². The lowest BCUT2D eigenvalue weighted by Gasteiger charge is -2.38. The van der Waals surface area contributed by atoms with Crippen molar-refractivity contribution in [2.75, 3.05) is 5.32 Å². The zero-order valence-electron chi connectivity index (χ0n) is 13.5. The summed E-state index contributed by atoms with van der Waals surface area (Å²) in [4.78, 5) is 0. The van der Waals surface area contributed by atoms with Crippen molar-refractivity contribution < 1.29 is 8.78 Å². The lowest BCUT2D eigenvalue weighted by molar-refractivity contribution is 0.420. The summed E-state index contributed by atoms with van der Waals surface area (Å²) < 4.78 is 28.2. The zero-order chi connectivity index (χ0) is 17.0. The van der Waals surface area contributed by atoms with E-state index in [1.165, 1.54) is 22.4 Å². The molecule has 25 heavy (non-hydrogen) atoms. The first-order valence-corrected chi connectivity index (χ1v) is 8.62. The van der Waals surface area contributed by atoms with E-state index in [4.69, 9.17) is 0 Å². The Kier molecular flexibility index (Phi) is 3.17. The predicted octanol–water partition coefficient (Wildman–Crippen LogP) is 5.94. The molecule has 0 aromatic heterocycles. The summed E-state index contributed by atoms with van der Waals surface area (Å²) in [5, 5.41) is 5.75. The van der Waals surface area contributed by atoms with Gasteiger partial charge in [0.25, 0.3) is 0 Å². The molecule has 1 heterocycles. The van der Waals surface area contributed by atoms with E-state index in [1.807, 2.05) is 18.2 Å². The molecular weight excluding hydrogens is 316 g/mol. The normalized spacial score (nSPS) is 24.0. The van der Waals surface area contributed by atoms with Crippen LogP contribution in [0.2, 0.25) is 0 Å². The van der Waals surface area contributed by atoms with Crippen molar-refractivity contribution in [2.45, 2.75) is 18.4 Å². The summed E-state index contributed by atoms with van der Waals surface area (Å²) in [6.07, 6.45) is 5.14. The van der Waals surface area contributed by atoms with E-state index in [0.717, 1.165) is 18.1 Å². The second-order valence-electron chi connectivity index (χ2n) is 6.90. The van der Waals surface area contributed by atoms with Gasteiger partial charge in [-0.05, 0) is 40.3 Å². The third-order valence-electron chi connectivity index (χ3n) is 5.54. The van der Waals surface area contributed by atoms with Crippen molar-refractivity contribution in [3.8, 4) is 0 Å². The number of rotatable bonds is 1. The van der Waals surface area contributed by atoms with Crippen LogP contribution in [0.15, 0.2) is 66.7 Å². The second-order valence-corrected chi connectivity index (χ2v) is 6.90. The molecular formula is C22H17F2N. The van der Waals surface area contributed by atoms with Gasteiger partial charge in [-0.2, -0.15) is 0 Å². The monoisotopic (exact) mass is 333 g/mol. The number of anilines is 1. The van der Waals surface area contributed by atoms with Gasteiger partial charge in [-0.3, -0.25) is 0 Å². The van der Waals surface area contributed by atoms with Gasteiger partial charge in [-0.1, -0.05) is 54.6 Å². The molecule has 0 saturated carbocycles. The molecule has 1 nitrogen and oxygen atoms in total. The summed E-state index contributed by atoms with van der Waals surface area (Å²) >= 11 is 0. The highest BCUT2D eigenvalue weighted by atomic mass is 19.1. The molecule has 5 rings (SSSR count). The number of allylic oxidation sites excluding steroid dienone is 2. The molecule has 0 radical (unpaired) electrons. The van der Waals surface area contributed by atoms with Gasteiger partial charge in [0.15, 0.2) is 0 Å². The molecule has 1 aliphatic heterocycles. The molecule has 3 heteroatoms. The Balaban J connectivity index is 1.70. The van der Waals surface area contributed by atoms with Crippen LogP contribution in [0.25, 0.3) is 10.8 Å². The maximum atomic E-state index is 14.5. The molecule has 1 N–H and O–H groups in total. The number of fused-ring (bicyclic) bond motifs is 4. The highest BCUT2D eigenvalue weighted by molar-refractivity contribution is 5.86. The molecule has 3 aromatic carbocycles. The van der Waals surface area contributed by atoms with Crippen molar-refractivity contribution >= 4 is 16.5 Å². The first-order valence-electron chi connectivity index (χ1n) is 8.62. The van der Waals surface area contributed by atoms with Crippen LogP contribution in [0.4, 0.5) is 14.5 Å². The Morgan fingerprint density at radius 3 is 2.68 bits per heavy atom. The quantitative estimate of drug-likeness (QED) is 0.543. The van der Waals surface area contributed by atoms with Gasteiger partial charge >= 0.3 is 0 Å². The molecule has 124 valence electrons. The Morgan fingerprint density at radius 1 is 0.920 bits per heavy atom. The van der Waals surface area contributed by atoms with Crippen LogP contribution in [0, 0.1) is 17.6 Å². The van der Waals surface area contributed by atoms with Crippen molar-refractivity contribution in [1.82, 2.24) is 0 Å². The third-order valence-corrected chi connectivity index (χ3v) is 5.54. The summed E-state index contributed by atoms with van der Waals surface area (Å²) in [7, 11) is 0. The number of benzene rings is 3. The van der Waals surface area contributed by atoms with Crippen molar-refractivity contribution in [2.24, 2.45) is 5.92 Å². The predicted molar refractivity (Wildman–Crippen MR) is 96.7 cm³/mol. The van der Waals surface area contributed by atoms with Crippen LogP contribution in [0.3, 0.4) is 0 Å². The molecule has 0 unspecified atom stereocenters. The van der Waals surface area contributed by atoms with Crippen LogP contribution >= 0.6 is 0 Å². The topological polar surface area (TPSA) is 12.0 Å². The Labute approximate surface area is 145 Å². The summed E-state index contributed by atoms with van der Waals surface area (Å²) in [5.41, 5.74) is 2.34. The molecule has 0 saturated heterocycles. The van der Waals surface area contributed by atoms with Gasteiger partial charge in [0.2, 0.25) is 0 Å². The lowest BCUT2D eigenvalue weighted by Crippen LogP contribution is -2.30. The fourth-order valence-electron chi connectivity index (χ4n) is 4.45. The van der Waals surface area contributed by atoms with Gasteiger partial charge < -0.3 is 5.32 Å². The number of halogens is 2. The second kappa shape index (κ2) is 5.41. The van der Waals surface area contributed by atoms with Crippen LogP contribution in [0.5, 0.6) is 0 Å². The molecule has 0 bridgehead atoms. The van der Waals surface area contributed by atoms with Crippen LogP contribution in [-0.4, -0.2) is 0 Å². The van der Waals surface area contributed by atoms with E-state index in [9.17, 15) is 8.78 Å². The van der Waals surface area contributed by atoms with Crippen molar-refractivity contribution in [1.29, 1.82) is 0 Å². The highest BCUT2D eigenvalue weighted by Gasteiger charge is 2.39. The Morgan fingerprint density at radius 2 is 1.76 bits per heavy atom. The van der Waals surface area contributed by atoms with E-state index in [1.54, 1.807) is 0 Å². The molecule has 0 amide bonds. The SMILES string of the molecule is Fc1cc(F)c2c(c1)[C@@H]1C=CC[C@@H]1[C@H](c1cccc3ccccc13)N2. The summed E-state index contributed by atoms with van der Waals surface area (Å²) in [6, 6.07) is 16.9. The number of nitrogens with one attached hydrogen (secondary N) is 1. The minimum Gasteiger partial charge on any atom is -0.375 e. The Bertz CT molecular complexity index is 1000.